The highest BCUT2D eigenvalue weighted by atomic mass is 32.2. The highest BCUT2D eigenvalue weighted by Gasteiger charge is 2.45. The summed E-state index contributed by atoms with van der Waals surface area (Å²) < 4.78 is 61.8. The number of carboxylic acid groups (broad SMARTS) is 1. The number of hydrogen-bond donors (Lipinski definition) is 1. The van der Waals surface area contributed by atoms with E-state index in [2.05, 4.69) is 0 Å². The normalized spacial score (nSPS) is 24.8. The van der Waals surface area contributed by atoms with Crippen LogP contribution < -0.4 is 0 Å². The Bertz CT molecular complexity index is 420. The molecule has 1 rings (SSSR count). The fourth-order valence-electron chi connectivity index (χ4n) is 1.79. The number of sulfonamides is 1. The number of piperidine rings is 1. The Kier molecular flexibility index (Phi) is 4.26. The maximum absolute atomic E-state index is 12.5. The van der Waals surface area contributed by atoms with Gasteiger partial charge in [0.05, 0.1) is 5.92 Å². The van der Waals surface area contributed by atoms with Crippen LogP contribution in [0.5, 0.6) is 0 Å². The first-order chi connectivity index (χ1) is 8.06. The number of nitrogens with zero attached hydrogens (tertiary/aromatic N) is 1. The fraction of sp³-hybridized carbons (Fsp3) is 0.889. The minimum atomic E-state index is -4.46. The van der Waals surface area contributed by atoms with Gasteiger partial charge in [0.25, 0.3) is 0 Å². The van der Waals surface area contributed by atoms with Crippen molar-refractivity contribution < 1.29 is 31.5 Å². The lowest BCUT2D eigenvalue weighted by atomic mass is 9.99. The van der Waals surface area contributed by atoms with Crippen molar-refractivity contribution in [2.24, 2.45) is 5.92 Å². The molecule has 0 spiro atoms. The smallest absolute Gasteiger partial charge is 0.393 e. The summed E-state index contributed by atoms with van der Waals surface area (Å²) in [7, 11) is -4.22. The Morgan fingerprint density at radius 1 is 1.44 bits per heavy atom. The van der Waals surface area contributed by atoms with E-state index in [1.54, 1.807) is 0 Å². The zero-order valence-corrected chi connectivity index (χ0v) is 10.5. The van der Waals surface area contributed by atoms with Gasteiger partial charge in [0.15, 0.2) is 5.25 Å². The van der Waals surface area contributed by atoms with Gasteiger partial charge in [-0.1, -0.05) is 0 Å². The van der Waals surface area contributed by atoms with Gasteiger partial charge in [0.1, 0.15) is 0 Å². The topological polar surface area (TPSA) is 74.7 Å². The van der Waals surface area contributed by atoms with Gasteiger partial charge in [-0.25, -0.2) is 12.7 Å². The van der Waals surface area contributed by atoms with Crippen molar-refractivity contribution in [3.05, 3.63) is 0 Å². The zero-order valence-electron chi connectivity index (χ0n) is 9.64. The monoisotopic (exact) mass is 289 g/mol. The molecule has 1 N–H and O–H groups in total. The second-order valence-corrected chi connectivity index (χ2v) is 6.52. The third-order valence-electron chi connectivity index (χ3n) is 3.00. The highest BCUT2D eigenvalue weighted by Crippen LogP contribution is 2.34. The summed E-state index contributed by atoms with van der Waals surface area (Å²) in [6.45, 7) is 0.199. The molecule has 0 amide bonds. The van der Waals surface area contributed by atoms with Crippen LogP contribution >= 0.6 is 0 Å². The molecule has 1 heterocycles. The summed E-state index contributed by atoms with van der Waals surface area (Å²) in [5, 5.41) is 6.91. The van der Waals surface area contributed by atoms with E-state index in [-0.39, 0.29) is 19.4 Å². The van der Waals surface area contributed by atoms with Crippen LogP contribution in [0, 0.1) is 5.92 Å². The number of halogens is 3. The fourth-order valence-corrected chi connectivity index (χ4v) is 3.27. The Hall–Kier alpha value is -0.830. The minimum absolute atomic E-state index is 0.0630. The maximum atomic E-state index is 12.5. The molecular weight excluding hydrogens is 275 g/mol. The van der Waals surface area contributed by atoms with E-state index in [1.165, 1.54) is 0 Å². The van der Waals surface area contributed by atoms with E-state index in [1.807, 2.05) is 0 Å². The number of carbonyl (C=O) groups is 1. The molecule has 2 atom stereocenters. The van der Waals surface area contributed by atoms with E-state index >= 15 is 0 Å². The van der Waals surface area contributed by atoms with Gasteiger partial charge in [-0.15, -0.1) is 0 Å². The largest absolute Gasteiger partial charge is 0.480 e. The summed E-state index contributed by atoms with van der Waals surface area (Å²) in [6, 6.07) is 0. The molecule has 1 saturated heterocycles. The molecule has 0 aromatic heterocycles. The quantitative estimate of drug-likeness (QED) is 0.843. The molecule has 0 saturated carbocycles. The van der Waals surface area contributed by atoms with Crippen LogP contribution in [-0.2, 0) is 14.8 Å². The molecule has 5 nitrogen and oxygen atoms in total. The number of hydrogen-bond acceptors (Lipinski definition) is 3. The molecule has 0 bridgehead atoms. The molecule has 1 aliphatic heterocycles. The lowest BCUT2D eigenvalue weighted by Crippen LogP contribution is -2.48. The minimum Gasteiger partial charge on any atom is -0.480 e. The standard InChI is InChI=1S/C9H14F3NO4S/c1-6(8(14)15)18(16,17)13-4-2-3-7(5-13)9(10,11)12/h6-7H,2-5H2,1H3,(H,14,15). The molecule has 1 aliphatic rings. The van der Waals surface area contributed by atoms with Crippen molar-refractivity contribution in [3.8, 4) is 0 Å². The Labute approximate surface area is 103 Å². The molecule has 106 valence electrons. The van der Waals surface area contributed by atoms with Crippen LogP contribution in [0.2, 0.25) is 0 Å². The molecule has 18 heavy (non-hydrogen) atoms. The van der Waals surface area contributed by atoms with Crippen LogP contribution in [0.25, 0.3) is 0 Å². The third-order valence-corrected chi connectivity index (χ3v) is 5.15. The van der Waals surface area contributed by atoms with Crippen LogP contribution in [0.4, 0.5) is 13.2 Å². The Balaban J connectivity index is 2.88. The van der Waals surface area contributed by atoms with E-state index in [0.717, 1.165) is 6.92 Å². The Morgan fingerprint density at radius 3 is 2.44 bits per heavy atom. The average molecular weight is 289 g/mol. The summed E-state index contributed by atoms with van der Waals surface area (Å²) in [5.74, 6) is -3.29. The SMILES string of the molecule is CC(C(=O)O)S(=O)(=O)N1CCCC(C(F)(F)F)C1. The van der Waals surface area contributed by atoms with E-state index in [4.69, 9.17) is 5.11 Å². The zero-order chi connectivity index (χ0) is 14.1. The first kappa shape index (κ1) is 15.2. The molecule has 0 aromatic carbocycles. The van der Waals surface area contributed by atoms with Gasteiger partial charge >= 0.3 is 12.1 Å². The van der Waals surface area contributed by atoms with Crippen molar-refractivity contribution in [1.82, 2.24) is 4.31 Å². The summed E-state index contributed by atoms with van der Waals surface area (Å²) >= 11 is 0. The summed E-state index contributed by atoms with van der Waals surface area (Å²) in [4.78, 5) is 10.6. The molecular formula is C9H14F3NO4S. The average Bonchev–Trinajstić information content (AvgIpc) is 2.27. The van der Waals surface area contributed by atoms with Crippen molar-refractivity contribution in [2.75, 3.05) is 13.1 Å². The van der Waals surface area contributed by atoms with E-state index in [0.29, 0.717) is 4.31 Å². The predicted molar refractivity (Wildman–Crippen MR) is 56.4 cm³/mol. The molecule has 1 fully saturated rings. The molecule has 9 heteroatoms. The molecule has 0 aromatic rings. The number of carboxylic acids is 1. The molecule has 2 unspecified atom stereocenters. The van der Waals surface area contributed by atoms with Crippen LogP contribution in [0.15, 0.2) is 0 Å². The number of aliphatic carboxylic acids is 1. The second kappa shape index (κ2) is 5.04. The number of rotatable bonds is 3. The molecule has 0 aliphatic carbocycles. The molecule has 0 radical (unpaired) electrons. The summed E-state index contributed by atoms with van der Waals surface area (Å²) in [6.07, 6.45) is -4.51. The lowest BCUT2D eigenvalue weighted by molar-refractivity contribution is -0.182. The highest BCUT2D eigenvalue weighted by molar-refractivity contribution is 7.90. The van der Waals surface area contributed by atoms with E-state index in [9.17, 15) is 26.4 Å². The van der Waals surface area contributed by atoms with Gasteiger partial charge < -0.3 is 5.11 Å². The van der Waals surface area contributed by atoms with Crippen molar-refractivity contribution in [1.29, 1.82) is 0 Å². The van der Waals surface area contributed by atoms with Crippen LogP contribution in [0.1, 0.15) is 19.8 Å². The van der Waals surface area contributed by atoms with Crippen LogP contribution in [0.3, 0.4) is 0 Å². The van der Waals surface area contributed by atoms with Gasteiger partial charge in [-0.3, -0.25) is 4.79 Å². The van der Waals surface area contributed by atoms with Gasteiger partial charge in [-0.05, 0) is 19.8 Å². The van der Waals surface area contributed by atoms with Gasteiger partial charge in [-0.2, -0.15) is 13.2 Å². The summed E-state index contributed by atoms with van der Waals surface area (Å²) in [5.41, 5.74) is 0. The van der Waals surface area contributed by atoms with Crippen molar-refractivity contribution in [3.63, 3.8) is 0 Å². The van der Waals surface area contributed by atoms with E-state index < -0.39 is 39.9 Å². The van der Waals surface area contributed by atoms with Crippen LogP contribution in [-0.4, -0.2) is 48.3 Å². The number of alkyl halides is 3. The van der Waals surface area contributed by atoms with Crippen molar-refractivity contribution in [2.45, 2.75) is 31.2 Å². The third kappa shape index (κ3) is 3.14. The lowest BCUT2D eigenvalue weighted by Gasteiger charge is -2.33. The maximum Gasteiger partial charge on any atom is 0.393 e. The van der Waals surface area contributed by atoms with Gasteiger partial charge in [0.2, 0.25) is 10.0 Å². The first-order valence-electron chi connectivity index (χ1n) is 5.35. The second-order valence-electron chi connectivity index (χ2n) is 4.26. The van der Waals surface area contributed by atoms with Crippen molar-refractivity contribution >= 4 is 16.0 Å². The Morgan fingerprint density at radius 2 is 2.00 bits per heavy atom. The van der Waals surface area contributed by atoms with Gasteiger partial charge in [0, 0.05) is 13.1 Å². The first-order valence-corrected chi connectivity index (χ1v) is 6.85. The predicted octanol–water partition coefficient (Wildman–Crippen LogP) is 1.06.